The molecule has 0 N–H and O–H groups in total. The Hall–Kier alpha value is -1.18. The zero-order valence-corrected chi connectivity index (χ0v) is 14.8. The van der Waals surface area contributed by atoms with Crippen molar-refractivity contribution in [2.45, 2.75) is 11.0 Å². The van der Waals surface area contributed by atoms with E-state index in [1.54, 1.807) is 18.2 Å². The van der Waals surface area contributed by atoms with Crippen molar-refractivity contribution in [2.75, 3.05) is 19.7 Å². The van der Waals surface area contributed by atoms with Gasteiger partial charge in [0, 0.05) is 23.1 Å². The molecule has 8 heteroatoms. The second kappa shape index (κ2) is 6.98. The number of nitrogens with zero attached hydrogens (tertiary/aromatic N) is 1. The van der Waals surface area contributed by atoms with Crippen molar-refractivity contribution >= 4 is 33.2 Å². The molecule has 4 nitrogen and oxygen atoms in total. The van der Waals surface area contributed by atoms with Crippen molar-refractivity contribution in [2.24, 2.45) is 0 Å². The number of benzene rings is 2. The second-order valence-corrected chi connectivity index (χ2v) is 8.19. The molecule has 0 amide bonds. The van der Waals surface area contributed by atoms with Crippen LogP contribution in [0.3, 0.4) is 0 Å². The lowest BCUT2D eigenvalue weighted by Crippen LogP contribution is -2.42. The smallest absolute Gasteiger partial charge is 0.243 e. The molecule has 2 aromatic rings. The van der Waals surface area contributed by atoms with Gasteiger partial charge >= 0.3 is 0 Å². The summed E-state index contributed by atoms with van der Waals surface area (Å²) in [6.07, 6.45) is -0.467. The molecule has 0 radical (unpaired) electrons. The first kappa shape index (κ1) is 17.6. The molecule has 1 atom stereocenters. The number of ether oxygens (including phenoxy) is 1. The fourth-order valence-corrected chi connectivity index (χ4v) is 4.53. The minimum Gasteiger partial charge on any atom is -0.371 e. The highest BCUT2D eigenvalue weighted by Crippen LogP contribution is 2.30. The van der Waals surface area contributed by atoms with E-state index in [-0.39, 0.29) is 24.6 Å². The van der Waals surface area contributed by atoms with Crippen LogP contribution in [0.15, 0.2) is 47.4 Å². The molecule has 1 aliphatic rings. The molecule has 0 spiro atoms. The fourth-order valence-electron chi connectivity index (χ4n) is 2.56. The molecule has 24 heavy (non-hydrogen) atoms. The van der Waals surface area contributed by atoms with Crippen LogP contribution in [0.4, 0.5) is 4.39 Å². The Balaban J connectivity index is 1.86. The quantitative estimate of drug-likeness (QED) is 0.799. The van der Waals surface area contributed by atoms with Gasteiger partial charge in [-0.3, -0.25) is 0 Å². The fraction of sp³-hybridized carbons (Fsp3) is 0.250. The number of halogens is 3. The number of rotatable bonds is 3. The van der Waals surface area contributed by atoms with Gasteiger partial charge in [0.05, 0.1) is 17.6 Å². The lowest BCUT2D eigenvalue weighted by molar-refractivity contribution is -0.00254. The van der Waals surface area contributed by atoms with Gasteiger partial charge < -0.3 is 4.74 Å². The van der Waals surface area contributed by atoms with Gasteiger partial charge in [0.1, 0.15) is 5.82 Å². The van der Waals surface area contributed by atoms with Crippen LogP contribution < -0.4 is 0 Å². The average molecular weight is 390 g/mol. The predicted octanol–water partition coefficient (Wildman–Crippen LogP) is 3.89. The largest absolute Gasteiger partial charge is 0.371 e. The maximum absolute atomic E-state index is 13.0. The van der Waals surface area contributed by atoms with Crippen molar-refractivity contribution in [3.05, 3.63) is 63.9 Å². The maximum atomic E-state index is 13.0. The SMILES string of the molecule is O=S(=O)(c1ccc(F)cc1)N1CCOC(c2cc(Cl)cc(Cl)c2)C1. The molecule has 0 aliphatic carbocycles. The van der Waals surface area contributed by atoms with Crippen molar-refractivity contribution in [3.63, 3.8) is 0 Å². The average Bonchev–Trinajstić information content (AvgIpc) is 2.54. The molecule has 3 rings (SSSR count). The Morgan fingerprint density at radius 2 is 1.71 bits per heavy atom. The molecule has 1 fully saturated rings. The summed E-state index contributed by atoms with van der Waals surface area (Å²) in [4.78, 5) is 0.0497. The molecular weight excluding hydrogens is 376 g/mol. The molecule has 1 heterocycles. The summed E-state index contributed by atoms with van der Waals surface area (Å²) in [7, 11) is -3.72. The minimum atomic E-state index is -3.72. The van der Waals surface area contributed by atoms with Crippen molar-refractivity contribution in [1.82, 2.24) is 4.31 Å². The van der Waals surface area contributed by atoms with Gasteiger partial charge in [-0.25, -0.2) is 12.8 Å². The van der Waals surface area contributed by atoms with Gasteiger partial charge in [-0.1, -0.05) is 23.2 Å². The van der Waals surface area contributed by atoms with Crippen LogP contribution in [-0.2, 0) is 14.8 Å². The monoisotopic (exact) mass is 389 g/mol. The Kier molecular flexibility index (Phi) is 5.13. The molecule has 0 saturated carbocycles. The standard InChI is InChI=1S/C16H14Cl2FNO3S/c17-12-7-11(8-13(18)9-12)16-10-20(5-6-23-16)24(21,22)15-3-1-14(19)2-4-15/h1-4,7-9,16H,5-6,10H2. The van der Waals surface area contributed by atoms with Crippen LogP contribution in [-0.4, -0.2) is 32.4 Å². The predicted molar refractivity (Wildman–Crippen MR) is 90.3 cm³/mol. The van der Waals surface area contributed by atoms with E-state index in [2.05, 4.69) is 0 Å². The van der Waals surface area contributed by atoms with E-state index in [0.29, 0.717) is 15.6 Å². The van der Waals surface area contributed by atoms with Crippen LogP contribution in [0.5, 0.6) is 0 Å². The Labute approximate surface area is 149 Å². The third-order valence-corrected chi connectivity index (χ3v) is 6.05. The van der Waals surface area contributed by atoms with Gasteiger partial charge in [0.25, 0.3) is 0 Å². The summed E-state index contributed by atoms with van der Waals surface area (Å²) in [6.45, 7) is 0.607. The van der Waals surface area contributed by atoms with Crippen LogP contribution in [0, 0.1) is 5.82 Å². The zero-order chi connectivity index (χ0) is 17.3. The number of sulfonamides is 1. The van der Waals surface area contributed by atoms with E-state index < -0.39 is 21.9 Å². The van der Waals surface area contributed by atoms with E-state index in [4.69, 9.17) is 27.9 Å². The molecule has 2 aromatic carbocycles. The number of hydrogen-bond acceptors (Lipinski definition) is 3. The van der Waals surface area contributed by atoms with Gasteiger partial charge in [-0.2, -0.15) is 4.31 Å². The van der Waals surface area contributed by atoms with Gasteiger partial charge in [0.15, 0.2) is 0 Å². The normalized spacial score (nSPS) is 19.4. The first-order valence-corrected chi connectivity index (χ1v) is 9.39. The van der Waals surface area contributed by atoms with E-state index >= 15 is 0 Å². The Morgan fingerprint density at radius 3 is 2.33 bits per heavy atom. The summed E-state index contributed by atoms with van der Waals surface area (Å²) in [6, 6.07) is 9.76. The first-order chi connectivity index (χ1) is 11.4. The highest BCUT2D eigenvalue weighted by Gasteiger charge is 2.31. The summed E-state index contributed by atoms with van der Waals surface area (Å²) < 4.78 is 45.4. The van der Waals surface area contributed by atoms with Gasteiger partial charge in [-0.15, -0.1) is 0 Å². The highest BCUT2D eigenvalue weighted by molar-refractivity contribution is 7.89. The van der Waals surface area contributed by atoms with Gasteiger partial charge in [0.2, 0.25) is 10.0 Å². The summed E-state index contributed by atoms with van der Waals surface area (Å²) >= 11 is 12.0. The Morgan fingerprint density at radius 1 is 1.08 bits per heavy atom. The van der Waals surface area contributed by atoms with E-state index in [1.807, 2.05) is 0 Å². The molecule has 0 aromatic heterocycles. The lowest BCUT2D eigenvalue weighted by atomic mass is 10.1. The first-order valence-electron chi connectivity index (χ1n) is 7.19. The molecule has 1 saturated heterocycles. The van der Waals surface area contributed by atoms with Crippen LogP contribution >= 0.6 is 23.2 Å². The zero-order valence-electron chi connectivity index (χ0n) is 12.5. The third kappa shape index (κ3) is 3.73. The van der Waals surface area contributed by atoms with Crippen molar-refractivity contribution in [3.8, 4) is 0 Å². The van der Waals surface area contributed by atoms with E-state index in [1.165, 1.54) is 16.4 Å². The highest BCUT2D eigenvalue weighted by atomic mass is 35.5. The molecular formula is C16H14Cl2FNO3S. The van der Waals surface area contributed by atoms with Crippen LogP contribution in [0.2, 0.25) is 10.0 Å². The number of hydrogen-bond donors (Lipinski definition) is 0. The molecule has 0 bridgehead atoms. The van der Waals surface area contributed by atoms with E-state index in [0.717, 1.165) is 12.1 Å². The van der Waals surface area contributed by atoms with Crippen LogP contribution in [0.1, 0.15) is 11.7 Å². The summed E-state index contributed by atoms with van der Waals surface area (Å²) in [5.74, 6) is -0.484. The molecule has 128 valence electrons. The minimum absolute atomic E-state index is 0.0497. The second-order valence-electron chi connectivity index (χ2n) is 5.38. The molecule has 1 aliphatic heterocycles. The topological polar surface area (TPSA) is 46.6 Å². The van der Waals surface area contributed by atoms with Crippen LogP contribution in [0.25, 0.3) is 0 Å². The lowest BCUT2D eigenvalue weighted by Gasteiger charge is -2.32. The molecule has 1 unspecified atom stereocenters. The summed E-state index contributed by atoms with van der Waals surface area (Å²) in [5, 5.41) is 0.916. The van der Waals surface area contributed by atoms with E-state index in [9.17, 15) is 12.8 Å². The maximum Gasteiger partial charge on any atom is 0.243 e. The van der Waals surface area contributed by atoms with Gasteiger partial charge in [-0.05, 0) is 48.0 Å². The number of morpholine rings is 1. The third-order valence-electron chi connectivity index (χ3n) is 3.74. The van der Waals surface area contributed by atoms with Crippen molar-refractivity contribution < 1.29 is 17.5 Å². The summed E-state index contributed by atoms with van der Waals surface area (Å²) in [5.41, 5.74) is 0.714. The van der Waals surface area contributed by atoms with Crippen molar-refractivity contribution in [1.29, 1.82) is 0 Å². The Bertz CT molecular complexity index is 823.